The number of carbonyl (C=O) groups excluding carboxylic acids is 6. The molecule has 24 heteroatoms. The molecule has 2 saturated heterocycles. The van der Waals surface area contributed by atoms with Crippen LogP contribution in [0.5, 0.6) is 34.5 Å². The lowest BCUT2D eigenvalue weighted by Crippen LogP contribution is -2.37. The predicted octanol–water partition coefficient (Wildman–Crippen LogP) is 13.3. The second-order valence-corrected chi connectivity index (χ2v) is 26.9. The lowest BCUT2D eigenvalue weighted by atomic mass is 9.83. The summed E-state index contributed by atoms with van der Waals surface area (Å²) in [4.78, 5) is 76.2. The first-order chi connectivity index (χ1) is 55.3. The minimum absolute atomic E-state index is 0.00690. The number of unbranched alkanes of at least 4 members (excludes halogenated alkanes) is 1. The summed E-state index contributed by atoms with van der Waals surface area (Å²) in [6.07, 6.45) is 10.3. The number of fused-ring (bicyclic) bond motifs is 6. The van der Waals surface area contributed by atoms with Crippen molar-refractivity contribution in [3.05, 3.63) is 203 Å². The second-order valence-electron chi connectivity index (χ2n) is 26.9. The van der Waals surface area contributed by atoms with Crippen LogP contribution < -0.4 is 38.2 Å². The van der Waals surface area contributed by atoms with Crippen LogP contribution >= 0.6 is 0 Å². The number of ketones is 1. The summed E-state index contributed by atoms with van der Waals surface area (Å²) in [5.74, 6) is 2.09. The lowest BCUT2D eigenvalue weighted by molar-refractivity contribution is -0.152. The van der Waals surface area contributed by atoms with Gasteiger partial charge in [-0.2, -0.15) is 0 Å². The van der Waals surface area contributed by atoms with Crippen LogP contribution in [0.15, 0.2) is 170 Å². The van der Waals surface area contributed by atoms with Gasteiger partial charge in [0, 0.05) is 127 Å². The maximum Gasteiger partial charge on any atom is 0.306 e. The van der Waals surface area contributed by atoms with Crippen molar-refractivity contribution in [2.45, 2.75) is 75.9 Å². The average Bonchev–Trinajstić information content (AvgIpc) is 0.738. The van der Waals surface area contributed by atoms with E-state index in [1.54, 1.807) is 28.3 Å². The van der Waals surface area contributed by atoms with Crippen molar-refractivity contribution < 1.29 is 105 Å². The van der Waals surface area contributed by atoms with Gasteiger partial charge in [-0.3, -0.25) is 28.8 Å². The normalized spacial score (nSPS) is 16.1. The number of morpholine rings is 2. The highest BCUT2D eigenvalue weighted by atomic mass is 16.6. The third-order valence-electron chi connectivity index (χ3n) is 19.6. The number of hydrogen-bond acceptors (Lipinski definition) is 24. The first-order valence-electron chi connectivity index (χ1n) is 38.5. The van der Waals surface area contributed by atoms with Gasteiger partial charge in [-0.1, -0.05) is 104 Å². The van der Waals surface area contributed by atoms with E-state index < -0.39 is 35.1 Å². The highest BCUT2D eigenvalue weighted by molar-refractivity contribution is 6.03. The molecule has 0 aliphatic carbocycles. The molecule has 8 aromatic rings. The number of methoxy groups -OCH3 is 3. The molecular weight excluding hydrogens is 1450 g/mol. The molecule has 0 spiro atoms. The Hall–Kier alpha value is -11.0. The largest absolute Gasteiger partial charge is 0.497 e. The molecule has 0 N–H and O–H groups in total. The molecule has 0 amide bonds. The second kappa shape index (κ2) is 42.6. The maximum atomic E-state index is 12.3. The van der Waals surface area contributed by atoms with E-state index in [9.17, 15) is 28.8 Å². The molecule has 598 valence electrons. The summed E-state index contributed by atoms with van der Waals surface area (Å²) < 4.78 is 89.5. The Kier molecular flexibility index (Phi) is 31.2. The van der Waals surface area contributed by atoms with Crippen molar-refractivity contribution in [1.29, 1.82) is 0 Å². The van der Waals surface area contributed by atoms with Crippen LogP contribution in [-0.4, -0.2) is 189 Å². The summed E-state index contributed by atoms with van der Waals surface area (Å²) in [5.41, 5.74) is 6.13. The van der Waals surface area contributed by atoms with E-state index in [2.05, 4.69) is 94.8 Å². The number of ether oxygens (including phenoxy) is 16. The molecule has 113 heavy (non-hydrogen) atoms. The standard InChI is InChI=1S/C51H61NO15.C38H39NO7/c1-57-27-28-60-29-32-63-47(53)9-5-6-10-48(54)64-33-30-61-31-34-65-49(55)19-20-50(56)66-36-35-62-41-17-13-39(14-18-41)51(38-11-15-40(58-2)16-12-38)22-21-44-42-7-3-4-8-43(42)45(37-46(44)67-51)52-23-25-59-26-24-52;1-3-29(40)12-17-37(41)45-25-24-44-31-15-10-28(11-16-31)38(27-8-13-30(42-2)14-9-27)19-18-34-32-6-4-5-7-33(32)35(26-36(34)46-38)39-20-22-43-23-21-39/h3-4,7-8,11-18,21-22,37H,5-6,9-10,19-20,23-36H2,1-2H3;4-11,13-16,18-19,26H,3,12,17,20-25H2,1-2H3. The van der Waals surface area contributed by atoms with E-state index in [0.717, 1.165) is 110 Å². The number of nitrogens with zero attached hydrogens (tertiary/aromatic N) is 2. The fourth-order valence-corrected chi connectivity index (χ4v) is 13.5. The number of esters is 5. The third-order valence-corrected chi connectivity index (χ3v) is 19.6. The van der Waals surface area contributed by atoms with E-state index in [1.807, 2.05) is 97.1 Å². The van der Waals surface area contributed by atoms with Crippen molar-refractivity contribution in [2.75, 3.05) is 163 Å². The molecular formula is C89H100N2O22. The number of hydrogen-bond donors (Lipinski definition) is 0. The Labute approximate surface area is 658 Å². The number of carbonyl (C=O) groups is 6. The van der Waals surface area contributed by atoms with Crippen molar-refractivity contribution in [2.24, 2.45) is 0 Å². The lowest BCUT2D eigenvalue weighted by Gasteiger charge is -2.38. The fraction of sp³-hybridized carbons (Fsp3) is 0.393. The van der Waals surface area contributed by atoms with Crippen LogP contribution in [0.1, 0.15) is 98.1 Å². The Morgan fingerprint density at radius 1 is 0.372 bits per heavy atom. The summed E-state index contributed by atoms with van der Waals surface area (Å²) in [6, 6.07) is 52.5. The molecule has 0 radical (unpaired) electrons. The number of benzene rings is 8. The Balaban J connectivity index is 0.000000238. The van der Waals surface area contributed by atoms with Crippen LogP contribution in [0.3, 0.4) is 0 Å². The first-order valence-corrected chi connectivity index (χ1v) is 38.5. The zero-order valence-corrected chi connectivity index (χ0v) is 64.7. The van der Waals surface area contributed by atoms with Crippen LogP contribution in [0.25, 0.3) is 33.7 Å². The Bertz CT molecular complexity index is 4500. The van der Waals surface area contributed by atoms with Crippen molar-refractivity contribution in [1.82, 2.24) is 0 Å². The highest BCUT2D eigenvalue weighted by Crippen LogP contribution is 2.50. The molecule has 2 atom stereocenters. The van der Waals surface area contributed by atoms with Crippen molar-refractivity contribution >= 4 is 80.7 Å². The maximum absolute atomic E-state index is 12.3. The summed E-state index contributed by atoms with van der Waals surface area (Å²) in [5, 5.41) is 4.61. The monoisotopic (exact) mass is 1550 g/mol. The number of rotatable bonds is 40. The highest BCUT2D eigenvalue weighted by Gasteiger charge is 2.40. The SMILES string of the molecule is CCC(=O)CCC(=O)OCCOc1ccc(C2(c3ccc(OC)cc3)C=Cc3c(cc(N4CCOCC4)c4ccccc34)O2)cc1.COCCOCCOC(=O)CCCCC(=O)OCCOCCOC(=O)CCC(=O)OCCOc1ccc(C2(c3ccc(OC)cc3)C=Cc3c(cc(N4CCOCC4)c4ccccc34)O2)cc1. The van der Waals surface area contributed by atoms with E-state index in [-0.39, 0.29) is 110 Å². The van der Waals surface area contributed by atoms with Gasteiger partial charge in [0.15, 0.2) is 11.2 Å². The molecule has 0 aromatic heterocycles. The third kappa shape index (κ3) is 22.9. The number of anilines is 2. The Morgan fingerprint density at radius 3 is 1.05 bits per heavy atom. The summed E-state index contributed by atoms with van der Waals surface area (Å²) >= 11 is 0. The fourth-order valence-electron chi connectivity index (χ4n) is 13.5. The van der Waals surface area contributed by atoms with Gasteiger partial charge in [0.2, 0.25) is 0 Å². The van der Waals surface area contributed by atoms with Crippen LogP contribution in [-0.2, 0) is 87.3 Å². The van der Waals surface area contributed by atoms with Crippen molar-refractivity contribution in [3.63, 3.8) is 0 Å². The van der Waals surface area contributed by atoms with Gasteiger partial charge in [-0.25, -0.2) is 0 Å². The van der Waals surface area contributed by atoms with E-state index in [0.29, 0.717) is 77.0 Å². The molecule has 4 aliphatic rings. The van der Waals surface area contributed by atoms with Crippen LogP contribution in [0.4, 0.5) is 11.4 Å². The van der Waals surface area contributed by atoms with Gasteiger partial charge in [-0.05, 0) is 96.4 Å². The topological polar surface area (TPSA) is 257 Å². The molecule has 0 saturated carbocycles. The van der Waals surface area contributed by atoms with Gasteiger partial charge < -0.3 is 85.6 Å². The zero-order valence-electron chi connectivity index (χ0n) is 64.7. The van der Waals surface area contributed by atoms with Gasteiger partial charge in [0.05, 0.1) is 92.9 Å². The number of Topliss-reactive ketones (excluding diaryl/α,β-unsaturated/α-hetero) is 1. The van der Waals surface area contributed by atoms with E-state index in [4.69, 9.17) is 75.8 Å². The van der Waals surface area contributed by atoms with Crippen molar-refractivity contribution in [3.8, 4) is 34.5 Å². The zero-order chi connectivity index (χ0) is 79.0. The summed E-state index contributed by atoms with van der Waals surface area (Å²) in [6.45, 7) is 9.78. The minimum atomic E-state index is -0.965. The first kappa shape index (κ1) is 82.9. The molecule has 0 bridgehead atoms. The molecule has 2 unspecified atom stereocenters. The van der Waals surface area contributed by atoms with Crippen LogP contribution in [0.2, 0.25) is 0 Å². The van der Waals surface area contributed by atoms with E-state index >= 15 is 0 Å². The summed E-state index contributed by atoms with van der Waals surface area (Å²) in [7, 11) is 4.87. The van der Waals surface area contributed by atoms with Gasteiger partial charge >= 0.3 is 29.8 Å². The minimum Gasteiger partial charge on any atom is -0.497 e. The Morgan fingerprint density at radius 2 is 0.699 bits per heavy atom. The van der Waals surface area contributed by atoms with E-state index in [1.165, 1.54) is 5.39 Å². The molecule has 4 heterocycles. The smallest absolute Gasteiger partial charge is 0.306 e. The molecule has 4 aliphatic heterocycles. The predicted molar refractivity (Wildman–Crippen MR) is 425 cm³/mol. The van der Waals surface area contributed by atoms with Gasteiger partial charge in [-0.15, -0.1) is 0 Å². The molecule has 8 aromatic carbocycles. The van der Waals surface area contributed by atoms with Gasteiger partial charge in [0.1, 0.15) is 86.5 Å². The van der Waals surface area contributed by atoms with Crippen LogP contribution in [0, 0.1) is 0 Å². The molecule has 12 rings (SSSR count). The molecule has 24 nitrogen and oxygen atoms in total. The quantitative estimate of drug-likeness (QED) is 0.0196. The van der Waals surface area contributed by atoms with Gasteiger partial charge in [0.25, 0.3) is 0 Å². The molecule has 2 fully saturated rings. The average molecular weight is 1550 g/mol.